The highest BCUT2D eigenvalue weighted by Crippen LogP contribution is 2.21. The van der Waals surface area contributed by atoms with Gasteiger partial charge in [0.1, 0.15) is 5.75 Å². The van der Waals surface area contributed by atoms with Crippen molar-refractivity contribution in [2.24, 2.45) is 0 Å². The number of rotatable bonds is 9. The average molecular weight is 286 g/mol. The van der Waals surface area contributed by atoms with Gasteiger partial charge in [0, 0.05) is 17.8 Å². The van der Waals surface area contributed by atoms with Crippen LogP contribution in [0, 0.1) is 0 Å². The van der Waals surface area contributed by atoms with Crippen LogP contribution in [0.5, 0.6) is 5.75 Å². The van der Waals surface area contributed by atoms with Gasteiger partial charge in [0.2, 0.25) is 0 Å². The van der Waals surface area contributed by atoms with E-state index in [-0.39, 0.29) is 6.10 Å². The van der Waals surface area contributed by atoms with Crippen LogP contribution in [-0.2, 0) is 9.47 Å². The van der Waals surface area contributed by atoms with Crippen molar-refractivity contribution < 1.29 is 19.3 Å². The van der Waals surface area contributed by atoms with Gasteiger partial charge in [0.25, 0.3) is 0 Å². The van der Waals surface area contributed by atoms with Crippen LogP contribution in [0.2, 0.25) is 0 Å². The summed E-state index contributed by atoms with van der Waals surface area (Å²) in [4.78, 5) is 1.10. The van der Waals surface area contributed by atoms with Crippen molar-refractivity contribution in [1.29, 1.82) is 0 Å². The molecular formula is C14H22O4S. The summed E-state index contributed by atoms with van der Waals surface area (Å²) in [7, 11) is 3.28. The number of methoxy groups -OCH3 is 2. The highest BCUT2D eigenvalue weighted by molar-refractivity contribution is 7.99. The molecule has 0 fully saturated rings. The topological polar surface area (TPSA) is 47.9 Å². The summed E-state index contributed by atoms with van der Waals surface area (Å²) in [5.74, 6) is 1.44. The van der Waals surface area contributed by atoms with E-state index in [1.165, 1.54) is 0 Å². The predicted octanol–water partition coefficient (Wildman–Crippen LogP) is 2.20. The van der Waals surface area contributed by atoms with Crippen LogP contribution in [0.25, 0.3) is 0 Å². The van der Waals surface area contributed by atoms with E-state index in [1.807, 2.05) is 31.2 Å². The number of benzene rings is 1. The SMILES string of the molecule is COCC(C)OCC(O)CSc1ccc(OC)cc1. The standard InChI is InChI=1S/C14H22O4S/c1-11(8-16-2)18-9-12(15)10-19-14-6-4-13(17-3)5-7-14/h4-7,11-12,15H,8-10H2,1-3H3. The first-order valence-corrected chi connectivity index (χ1v) is 7.19. The summed E-state index contributed by atoms with van der Waals surface area (Å²) in [6.07, 6.45) is -0.475. The third-order valence-electron chi connectivity index (χ3n) is 2.48. The van der Waals surface area contributed by atoms with E-state index >= 15 is 0 Å². The molecule has 108 valence electrons. The molecular weight excluding hydrogens is 264 g/mol. The molecule has 0 saturated heterocycles. The minimum absolute atomic E-state index is 0.00522. The summed E-state index contributed by atoms with van der Waals surface area (Å²) < 4.78 is 15.5. The van der Waals surface area contributed by atoms with E-state index in [0.717, 1.165) is 10.6 Å². The summed E-state index contributed by atoms with van der Waals surface area (Å²) in [6, 6.07) is 7.77. The third-order valence-corrected chi connectivity index (χ3v) is 3.63. The quantitative estimate of drug-likeness (QED) is 0.705. The monoisotopic (exact) mass is 286 g/mol. The van der Waals surface area contributed by atoms with E-state index < -0.39 is 6.10 Å². The largest absolute Gasteiger partial charge is 0.497 e. The van der Waals surface area contributed by atoms with Gasteiger partial charge < -0.3 is 19.3 Å². The van der Waals surface area contributed by atoms with Crippen LogP contribution in [0.3, 0.4) is 0 Å². The van der Waals surface area contributed by atoms with E-state index in [9.17, 15) is 5.11 Å². The Morgan fingerprint density at radius 3 is 2.42 bits per heavy atom. The third kappa shape index (κ3) is 6.82. The Balaban J connectivity index is 2.23. The van der Waals surface area contributed by atoms with Gasteiger partial charge in [-0.15, -0.1) is 11.8 Å². The fraction of sp³-hybridized carbons (Fsp3) is 0.571. The minimum atomic E-state index is -0.480. The van der Waals surface area contributed by atoms with Crippen molar-refractivity contribution >= 4 is 11.8 Å². The smallest absolute Gasteiger partial charge is 0.118 e. The first-order valence-electron chi connectivity index (χ1n) is 6.21. The molecule has 1 aromatic rings. The summed E-state index contributed by atoms with van der Waals surface area (Å²) in [6.45, 7) is 2.79. The fourth-order valence-corrected chi connectivity index (χ4v) is 2.28. The Bertz CT molecular complexity index is 342. The lowest BCUT2D eigenvalue weighted by atomic mass is 10.3. The summed E-state index contributed by atoms with van der Waals surface area (Å²) in [5, 5.41) is 9.82. The van der Waals surface area contributed by atoms with Crippen molar-refractivity contribution in [2.45, 2.75) is 24.0 Å². The van der Waals surface area contributed by atoms with Gasteiger partial charge in [-0.3, -0.25) is 0 Å². The van der Waals surface area contributed by atoms with Gasteiger partial charge in [-0.2, -0.15) is 0 Å². The normalized spacial score (nSPS) is 14.1. The van der Waals surface area contributed by atoms with E-state index in [2.05, 4.69) is 0 Å². The molecule has 4 nitrogen and oxygen atoms in total. The molecule has 19 heavy (non-hydrogen) atoms. The van der Waals surface area contributed by atoms with Gasteiger partial charge in [0.15, 0.2) is 0 Å². The lowest BCUT2D eigenvalue weighted by Crippen LogP contribution is -2.24. The molecule has 0 spiro atoms. The molecule has 5 heteroatoms. The van der Waals surface area contributed by atoms with Gasteiger partial charge in [-0.05, 0) is 31.2 Å². The van der Waals surface area contributed by atoms with Crippen LogP contribution in [0.1, 0.15) is 6.92 Å². The molecule has 0 radical (unpaired) electrons. The molecule has 2 atom stereocenters. The minimum Gasteiger partial charge on any atom is -0.497 e. The summed E-state index contributed by atoms with van der Waals surface area (Å²) >= 11 is 1.60. The molecule has 0 aromatic heterocycles. The number of thioether (sulfide) groups is 1. The van der Waals surface area contributed by atoms with E-state index in [1.54, 1.807) is 26.0 Å². The number of ether oxygens (including phenoxy) is 3. The highest BCUT2D eigenvalue weighted by Gasteiger charge is 2.08. The van der Waals surface area contributed by atoms with Crippen molar-refractivity contribution in [1.82, 2.24) is 0 Å². The molecule has 0 heterocycles. The zero-order valence-corrected chi connectivity index (χ0v) is 12.5. The number of hydrogen-bond acceptors (Lipinski definition) is 5. The van der Waals surface area contributed by atoms with Crippen molar-refractivity contribution in [3.63, 3.8) is 0 Å². The second-order valence-corrected chi connectivity index (χ2v) is 5.33. The molecule has 0 aliphatic heterocycles. The number of hydrogen-bond donors (Lipinski definition) is 1. The zero-order valence-electron chi connectivity index (χ0n) is 11.7. The van der Waals surface area contributed by atoms with E-state index in [4.69, 9.17) is 14.2 Å². The molecule has 0 aliphatic carbocycles. The Morgan fingerprint density at radius 2 is 1.84 bits per heavy atom. The average Bonchev–Trinajstić information content (AvgIpc) is 2.44. The Hall–Kier alpha value is -0.750. The second-order valence-electron chi connectivity index (χ2n) is 4.24. The van der Waals surface area contributed by atoms with Crippen LogP contribution < -0.4 is 4.74 Å². The maximum Gasteiger partial charge on any atom is 0.118 e. The zero-order chi connectivity index (χ0) is 14.1. The fourth-order valence-electron chi connectivity index (χ4n) is 1.47. The molecule has 1 N–H and O–H groups in total. The number of aliphatic hydroxyl groups is 1. The van der Waals surface area contributed by atoms with Crippen LogP contribution in [0.15, 0.2) is 29.2 Å². The van der Waals surface area contributed by atoms with Crippen LogP contribution in [-0.4, -0.2) is 50.5 Å². The van der Waals surface area contributed by atoms with Gasteiger partial charge >= 0.3 is 0 Å². The molecule has 0 aliphatic rings. The van der Waals surface area contributed by atoms with Crippen molar-refractivity contribution in [3.05, 3.63) is 24.3 Å². The molecule has 0 bridgehead atoms. The summed E-state index contributed by atoms with van der Waals surface area (Å²) in [5.41, 5.74) is 0. The van der Waals surface area contributed by atoms with Crippen molar-refractivity contribution in [2.75, 3.05) is 33.2 Å². The van der Waals surface area contributed by atoms with Crippen LogP contribution >= 0.6 is 11.8 Å². The Morgan fingerprint density at radius 1 is 1.16 bits per heavy atom. The van der Waals surface area contributed by atoms with Gasteiger partial charge in [0.05, 0.1) is 32.5 Å². The maximum absolute atomic E-state index is 9.82. The predicted molar refractivity (Wildman–Crippen MR) is 77.0 cm³/mol. The molecule has 1 aromatic carbocycles. The molecule has 1 rings (SSSR count). The second kappa shape index (κ2) is 9.20. The van der Waals surface area contributed by atoms with Gasteiger partial charge in [-0.1, -0.05) is 0 Å². The molecule has 0 amide bonds. The van der Waals surface area contributed by atoms with Crippen LogP contribution in [0.4, 0.5) is 0 Å². The van der Waals surface area contributed by atoms with Crippen molar-refractivity contribution in [3.8, 4) is 5.75 Å². The lowest BCUT2D eigenvalue weighted by Gasteiger charge is -2.15. The number of aliphatic hydroxyl groups excluding tert-OH is 1. The molecule has 0 saturated carbocycles. The first kappa shape index (κ1) is 16.3. The highest BCUT2D eigenvalue weighted by atomic mass is 32.2. The Labute approximate surface area is 119 Å². The Kier molecular flexibility index (Phi) is 7.90. The first-order chi connectivity index (χ1) is 9.15. The van der Waals surface area contributed by atoms with E-state index in [0.29, 0.717) is 19.0 Å². The van der Waals surface area contributed by atoms with Gasteiger partial charge in [-0.25, -0.2) is 0 Å². The molecule has 2 unspecified atom stereocenters. The lowest BCUT2D eigenvalue weighted by molar-refractivity contribution is -0.0257. The maximum atomic E-state index is 9.82.